The Labute approximate surface area is 149 Å². The average molecular weight is 349 g/mol. The maximum Gasteiger partial charge on any atom is 0.0970 e. The van der Waals surface area contributed by atoms with Crippen LogP contribution in [0.15, 0.2) is 59.6 Å². The van der Waals surface area contributed by atoms with Crippen molar-refractivity contribution in [3.05, 3.63) is 70.7 Å². The van der Waals surface area contributed by atoms with Gasteiger partial charge in [-0.05, 0) is 36.1 Å². The molecule has 4 heteroatoms. The molecule has 0 saturated carbocycles. The van der Waals surface area contributed by atoms with Gasteiger partial charge in [0.2, 0.25) is 0 Å². The summed E-state index contributed by atoms with van der Waals surface area (Å²) in [5.74, 6) is 1.12. The third kappa shape index (κ3) is 4.98. The van der Waals surface area contributed by atoms with Crippen molar-refractivity contribution < 1.29 is 0 Å². The van der Waals surface area contributed by atoms with E-state index in [-0.39, 0.29) is 18.4 Å². The highest BCUT2D eigenvalue weighted by Crippen LogP contribution is 2.25. The Balaban J connectivity index is 0.00000192. The third-order valence-electron chi connectivity index (χ3n) is 4.00. The predicted octanol–water partition coefficient (Wildman–Crippen LogP) is 5.41. The highest BCUT2D eigenvalue weighted by molar-refractivity contribution is 6.30. The van der Waals surface area contributed by atoms with Crippen LogP contribution < -0.4 is 5.32 Å². The smallest absolute Gasteiger partial charge is 0.0970 e. The second-order valence-electron chi connectivity index (χ2n) is 5.68. The fourth-order valence-corrected chi connectivity index (χ4v) is 3.05. The van der Waals surface area contributed by atoms with E-state index < -0.39 is 0 Å². The summed E-state index contributed by atoms with van der Waals surface area (Å²) >= 11 is 6.19. The minimum Gasteiger partial charge on any atom is -0.363 e. The molecule has 2 aromatic carbocycles. The van der Waals surface area contributed by atoms with E-state index in [0.717, 1.165) is 23.8 Å². The lowest BCUT2D eigenvalue weighted by atomic mass is 9.98. The molecule has 23 heavy (non-hydrogen) atoms. The second-order valence-corrected chi connectivity index (χ2v) is 6.12. The summed E-state index contributed by atoms with van der Waals surface area (Å²) in [6.45, 7) is 0.930. The molecule has 1 N–H and O–H groups in total. The van der Waals surface area contributed by atoms with Crippen molar-refractivity contribution in [3.63, 3.8) is 0 Å². The number of nitrogens with one attached hydrogen (secondary N) is 1. The molecule has 122 valence electrons. The summed E-state index contributed by atoms with van der Waals surface area (Å²) in [6.07, 6.45) is 4.70. The first-order chi connectivity index (χ1) is 10.8. The molecule has 3 rings (SSSR count). The summed E-state index contributed by atoms with van der Waals surface area (Å²) in [4.78, 5) is 4.71. The molecule has 0 bridgehead atoms. The van der Waals surface area contributed by atoms with E-state index in [0.29, 0.717) is 0 Å². The highest BCUT2D eigenvalue weighted by atomic mass is 35.5. The standard InChI is InChI=1S/C19H21ClN2.ClH/c20-17-11-7-10-16(14-17)19(15-8-3-1-4-9-15)22-18-12-5-2-6-13-21-18;/h1,3-4,7-11,14,19H,2,5-6,12-13H2,(H,21,22);1H. The summed E-state index contributed by atoms with van der Waals surface area (Å²) in [5.41, 5.74) is 2.40. The van der Waals surface area contributed by atoms with Crippen LogP contribution >= 0.6 is 24.0 Å². The summed E-state index contributed by atoms with van der Waals surface area (Å²) in [7, 11) is 0. The van der Waals surface area contributed by atoms with Gasteiger partial charge in [-0.15, -0.1) is 12.4 Å². The van der Waals surface area contributed by atoms with Crippen molar-refractivity contribution in [2.45, 2.75) is 31.7 Å². The van der Waals surface area contributed by atoms with E-state index in [1.54, 1.807) is 0 Å². The van der Waals surface area contributed by atoms with Crippen LogP contribution in [0.3, 0.4) is 0 Å². The van der Waals surface area contributed by atoms with Gasteiger partial charge in [0.15, 0.2) is 0 Å². The van der Waals surface area contributed by atoms with Gasteiger partial charge in [0.25, 0.3) is 0 Å². The molecule has 0 amide bonds. The first-order valence-corrected chi connectivity index (χ1v) is 8.31. The van der Waals surface area contributed by atoms with Gasteiger partial charge in [0, 0.05) is 18.0 Å². The predicted molar refractivity (Wildman–Crippen MR) is 101 cm³/mol. The van der Waals surface area contributed by atoms with Gasteiger partial charge in [-0.25, -0.2) is 0 Å². The SMILES string of the molecule is Cl.Clc1cccc(C(NC2=NCCCCC2)c2ccccc2)c1. The Hall–Kier alpha value is -1.51. The van der Waals surface area contributed by atoms with Gasteiger partial charge >= 0.3 is 0 Å². The molecule has 1 atom stereocenters. The van der Waals surface area contributed by atoms with Crippen molar-refractivity contribution in [2.75, 3.05) is 6.54 Å². The van der Waals surface area contributed by atoms with Gasteiger partial charge in [0.1, 0.15) is 0 Å². The largest absolute Gasteiger partial charge is 0.363 e. The van der Waals surface area contributed by atoms with Crippen molar-refractivity contribution in [2.24, 2.45) is 4.99 Å². The highest BCUT2D eigenvalue weighted by Gasteiger charge is 2.16. The number of hydrogen-bond donors (Lipinski definition) is 1. The third-order valence-corrected chi connectivity index (χ3v) is 4.24. The lowest BCUT2D eigenvalue weighted by Gasteiger charge is -2.22. The molecular weight excluding hydrogens is 327 g/mol. The maximum absolute atomic E-state index is 6.19. The zero-order valence-electron chi connectivity index (χ0n) is 13.0. The molecule has 1 aliphatic heterocycles. The molecule has 1 unspecified atom stereocenters. The summed E-state index contributed by atoms with van der Waals surface area (Å²) < 4.78 is 0. The number of benzene rings is 2. The fourth-order valence-electron chi connectivity index (χ4n) is 2.85. The van der Waals surface area contributed by atoms with Gasteiger partial charge < -0.3 is 5.32 Å². The number of aliphatic imine (C=N–C) groups is 1. The first kappa shape index (κ1) is 17.8. The van der Waals surface area contributed by atoms with Crippen molar-refractivity contribution in [3.8, 4) is 0 Å². The van der Waals surface area contributed by atoms with Gasteiger partial charge in [-0.3, -0.25) is 4.99 Å². The Morgan fingerprint density at radius 3 is 2.48 bits per heavy atom. The molecule has 0 spiro atoms. The lowest BCUT2D eigenvalue weighted by molar-refractivity contribution is 0.717. The zero-order chi connectivity index (χ0) is 15.2. The van der Waals surface area contributed by atoms with Crippen LogP contribution in [0.4, 0.5) is 0 Å². The van der Waals surface area contributed by atoms with E-state index in [1.165, 1.54) is 30.4 Å². The van der Waals surface area contributed by atoms with E-state index in [2.05, 4.69) is 35.6 Å². The van der Waals surface area contributed by atoms with Crippen LogP contribution in [-0.4, -0.2) is 12.4 Å². The fraction of sp³-hybridized carbons (Fsp3) is 0.316. The van der Waals surface area contributed by atoms with Crippen LogP contribution in [0, 0.1) is 0 Å². The van der Waals surface area contributed by atoms with E-state index in [4.69, 9.17) is 16.6 Å². The molecule has 2 nitrogen and oxygen atoms in total. The van der Waals surface area contributed by atoms with Crippen LogP contribution in [0.25, 0.3) is 0 Å². The quantitative estimate of drug-likeness (QED) is 0.787. The van der Waals surface area contributed by atoms with Crippen molar-refractivity contribution in [1.82, 2.24) is 5.32 Å². The minimum absolute atomic E-state index is 0. The molecule has 1 heterocycles. The number of amidine groups is 1. The zero-order valence-corrected chi connectivity index (χ0v) is 14.6. The Morgan fingerprint density at radius 1 is 0.913 bits per heavy atom. The molecule has 0 radical (unpaired) electrons. The Morgan fingerprint density at radius 2 is 1.70 bits per heavy atom. The molecule has 0 fully saturated rings. The molecule has 2 aromatic rings. The topological polar surface area (TPSA) is 24.4 Å². The molecular formula is C19H22Cl2N2. The van der Waals surface area contributed by atoms with E-state index >= 15 is 0 Å². The number of halogens is 2. The van der Waals surface area contributed by atoms with E-state index in [1.807, 2.05) is 24.3 Å². The molecule has 0 aliphatic carbocycles. The van der Waals surface area contributed by atoms with Crippen molar-refractivity contribution >= 4 is 29.8 Å². The van der Waals surface area contributed by atoms with Gasteiger partial charge in [-0.2, -0.15) is 0 Å². The maximum atomic E-state index is 6.19. The van der Waals surface area contributed by atoms with Crippen molar-refractivity contribution in [1.29, 1.82) is 0 Å². The van der Waals surface area contributed by atoms with E-state index in [9.17, 15) is 0 Å². The first-order valence-electron chi connectivity index (χ1n) is 7.93. The molecule has 0 aromatic heterocycles. The lowest BCUT2D eigenvalue weighted by Crippen LogP contribution is -2.29. The minimum atomic E-state index is 0. The Kier molecular flexibility index (Phi) is 6.94. The van der Waals surface area contributed by atoms with Gasteiger partial charge in [0.05, 0.1) is 11.9 Å². The van der Waals surface area contributed by atoms with Gasteiger partial charge in [-0.1, -0.05) is 60.5 Å². The summed E-state index contributed by atoms with van der Waals surface area (Å²) in [6, 6.07) is 18.6. The Bertz CT molecular complexity index is 641. The monoisotopic (exact) mass is 348 g/mol. The number of rotatable bonds is 3. The average Bonchev–Trinajstić information content (AvgIpc) is 2.82. The summed E-state index contributed by atoms with van der Waals surface area (Å²) in [5, 5.41) is 4.41. The van der Waals surface area contributed by atoms with Crippen LogP contribution in [-0.2, 0) is 0 Å². The number of hydrogen-bond acceptors (Lipinski definition) is 2. The molecule has 1 aliphatic rings. The van der Waals surface area contributed by atoms with Crippen LogP contribution in [0.5, 0.6) is 0 Å². The normalized spacial score (nSPS) is 15.8. The molecule has 0 saturated heterocycles. The van der Waals surface area contributed by atoms with Crippen LogP contribution in [0.2, 0.25) is 5.02 Å². The van der Waals surface area contributed by atoms with Crippen LogP contribution in [0.1, 0.15) is 42.9 Å². The number of nitrogens with zero attached hydrogens (tertiary/aromatic N) is 1. The second kappa shape index (κ2) is 8.95.